The molecule has 2 N–H and O–H groups in total. The van der Waals surface area contributed by atoms with Crippen LogP contribution in [0.2, 0.25) is 0 Å². The van der Waals surface area contributed by atoms with Gasteiger partial charge in [-0.3, -0.25) is 4.79 Å². The van der Waals surface area contributed by atoms with E-state index in [0.717, 1.165) is 12.8 Å². The second-order valence-corrected chi connectivity index (χ2v) is 7.71. The molecule has 0 saturated carbocycles. The number of para-hydroxylation sites is 1. The van der Waals surface area contributed by atoms with Crippen LogP contribution in [0.4, 0.5) is 10.1 Å². The molecule has 1 aliphatic rings. The van der Waals surface area contributed by atoms with Crippen LogP contribution >= 0.6 is 0 Å². The molecule has 1 atom stereocenters. The summed E-state index contributed by atoms with van der Waals surface area (Å²) in [6.07, 6.45) is 1.66. The maximum Gasteiger partial charge on any atom is 0.255 e. The van der Waals surface area contributed by atoms with Crippen LogP contribution in [0.5, 0.6) is 0 Å². The molecular formula is C18H19FN2O4S. The number of ether oxygens (including phenoxy) is 1. The Hall–Kier alpha value is -2.29. The predicted molar refractivity (Wildman–Crippen MR) is 95.0 cm³/mol. The summed E-state index contributed by atoms with van der Waals surface area (Å²) in [5.41, 5.74) is 0.291. The van der Waals surface area contributed by atoms with Gasteiger partial charge in [0.2, 0.25) is 10.0 Å². The largest absolute Gasteiger partial charge is 0.377 e. The smallest absolute Gasteiger partial charge is 0.255 e. The van der Waals surface area contributed by atoms with E-state index in [2.05, 4.69) is 10.0 Å². The van der Waals surface area contributed by atoms with Crippen LogP contribution in [0.15, 0.2) is 53.4 Å². The molecule has 1 fully saturated rings. The van der Waals surface area contributed by atoms with Gasteiger partial charge in [0.15, 0.2) is 0 Å². The van der Waals surface area contributed by atoms with Crippen molar-refractivity contribution >= 4 is 21.6 Å². The Morgan fingerprint density at radius 1 is 1.15 bits per heavy atom. The van der Waals surface area contributed by atoms with E-state index in [1.54, 1.807) is 6.07 Å². The van der Waals surface area contributed by atoms with Gasteiger partial charge in [-0.05, 0) is 49.2 Å². The van der Waals surface area contributed by atoms with Crippen molar-refractivity contribution in [2.75, 3.05) is 18.5 Å². The first kappa shape index (κ1) is 18.5. The summed E-state index contributed by atoms with van der Waals surface area (Å²) >= 11 is 0. The molecule has 1 heterocycles. The molecule has 1 aliphatic heterocycles. The van der Waals surface area contributed by atoms with E-state index in [9.17, 15) is 17.6 Å². The van der Waals surface area contributed by atoms with E-state index < -0.39 is 21.7 Å². The van der Waals surface area contributed by atoms with Crippen molar-refractivity contribution < 1.29 is 22.3 Å². The lowest BCUT2D eigenvalue weighted by molar-refractivity contribution is 0.102. The second kappa shape index (κ2) is 7.94. The zero-order chi connectivity index (χ0) is 18.6. The summed E-state index contributed by atoms with van der Waals surface area (Å²) in [7, 11) is -3.68. The monoisotopic (exact) mass is 378 g/mol. The first-order chi connectivity index (χ1) is 12.5. The van der Waals surface area contributed by atoms with Crippen molar-refractivity contribution in [1.82, 2.24) is 4.72 Å². The summed E-state index contributed by atoms with van der Waals surface area (Å²) < 4.78 is 46.1. The van der Waals surface area contributed by atoms with E-state index in [4.69, 9.17) is 4.74 Å². The number of halogens is 1. The number of sulfonamides is 1. The highest BCUT2D eigenvalue weighted by Crippen LogP contribution is 2.16. The van der Waals surface area contributed by atoms with Gasteiger partial charge in [0.1, 0.15) is 5.82 Å². The molecule has 0 radical (unpaired) electrons. The quantitative estimate of drug-likeness (QED) is 0.809. The molecule has 6 nitrogen and oxygen atoms in total. The van der Waals surface area contributed by atoms with Gasteiger partial charge in [-0.15, -0.1) is 0 Å². The highest BCUT2D eigenvalue weighted by molar-refractivity contribution is 7.89. The summed E-state index contributed by atoms with van der Waals surface area (Å²) in [5.74, 6) is -1.07. The maximum absolute atomic E-state index is 13.6. The summed E-state index contributed by atoms with van der Waals surface area (Å²) in [6, 6.07) is 11.3. The Balaban J connectivity index is 1.65. The van der Waals surface area contributed by atoms with Gasteiger partial charge in [0.25, 0.3) is 5.91 Å². The minimum absolute atomic E-state index is 0.0536. The number of benzene rings is 2. The lowest BCUT2D eigenvalue weighted by Crippen LogP contribution is -2.31. The Labute approximate surface area is 151 Å². The maximum atomic E-state index is 13.6. The molecule has 0 aliphatic carbocycles. The molecule has 0 aromatic heterocycles. The van der Waals surface area contributed by atoms with Crippen LogP contribution in [0, 0.1) is 5.82 Å². The predicted octanol–water partition coefficient (Wildman–Crippen LogP) is 2.54. The molecular weight excluding hydrogens is 359 g/mol. The van der Waals surface area contributed by atoms with Gasteiger partial charge in [0.05, 0.1) is 16.7 Å². The van der Waals surface area contributed by atoms with E-state index in [-0.39, 0.29) is 28.8 Å². The molecule has 0 bridgehead atoms. The van der Waals surface area contributed by atoms with E-state index in [1.165, 1.54) is 42.5 Å². The van der Waals surface area contributed by atoms with Gasteiger partial charge in [-0.1, -0.05) is 12.1 Å². The standard InChI is InChI=1S/C18H19FN2O4S/c19-16-5-1-2-6-17(16)21-18(22)13-7-9-15(10-8-13)26(23,24)20-12-14-4-3-11-25-14/h1-2,5-10,14,20H,3-4,11-12H2,(H,21,22)/t14-/m1/s1. The first-order valence-corrected chi connectivity index (χ1v) is 9.71. The van der Waals surface area contributed by atoms with E-state index in [0.29, 0.717) is 6.61 Å². The Bertz CT molecular complexity index is 878. The van der Waals surface area contributed by atoms with Gasteiger partial charge in [0, 0.05) is 18.7 Å². The summed E-state index contributed by atoms with van der Waals surface area (Å²) in [4.78, 5) is 12.2. The number of anilines is 1. The van der Waals surface area contributed by atoms with Crippen LogP contribution in [-0.2, 0) is 14.8 Å². The average molecular weight is 378 g/mol. The SMILES string of the molecule is O=C(Nc1ccccc1F)c1ccc(S(=O)(=O)NC[C@H]2CCCO2)cc1. The second-order valence-electron chi connectivity index (χ2n) is 5.95. The number of amides is 1. The first-order valence-electron chi connectivity index (χ1n) is 8.23. The Morgan fingerprint density at radius 2 is 1.88 bits per heavy atom. The topological polar surface area (TPSA) is 84.5 Å². The van der Waals surface area contributed by atoms with Crippen LogP contribution in [0.3, 0.4) is 0 Å². The molecule has 3 rings (SSSR count). The van der Waals surface area contributed by atoms with Crippen LogP contribution in [-0.4, -0.2) is 33.6 Å². The highest BCUT2D eigenvalue weighted by Gasteiger charge is 2.20. The molecule has 2 aromatic rings. The molecule has 1 saturated heterocycles. The number of carbonyl (C=O) groups is 1. The number of hydrogen-bond donors (Lipinski definition) is 2. The number of carbonyl (C=O) groups excluding carboxylic acids is 1. The highest BCUT2D eigenvalue weighted by atomic mass is 32.2. The van der Waals surface area contributed by atoms with Gasteiger partial charge >= 0.3 is 0 Å². The van der Waals surface area contributed by atoms with E-state index in [1.807, 2.05) is 0 Å². The number of nitrogens with one attached hydrogen (secondary N) is 2. The van der Waals surface area contributed by atoms with Crippen LogP contribution < -0.4 is 10.0 Å². The Kier molecular flexibility index (Phi) is 5.65. The zero-order valence-electron chi connectivity index (χ0n) is 13.9. The molecule has 138 valence electrons. The fraction of sp³-hybridized carbons (Fsp3) is 0.278. The van der Waals surface area contributed by atoms with Crippen molar-refractivity contribution in [2.24, 2.45) is 0 Å². The van der Waals surface area contributed by atoms with E-state index >= 15 is 0 Å². The molecule has 1 amide bonds. The normalized spacial score (nSPS) is 17.2. The molecule has 8 heteroatoms. The van der Waals surface area contributed by atoms with Crippen molar-refractivity contribution in [3.8, 4) is 0 Å². The van der Waals surface area contributed by atoms with Gasteiger partial charge in [-0.25, -0.2) is 17.5 Å². The average Bonchev–Trinajstić information content (AvgIpc) is 3.16. The lowest BCUT2D eigenvalue weighted by atomic mass is 10.2. The number of hydrogen-bond acceptors (Lipinski definition) is 4. The third kappa shape index (κ3) is 4.46. The lowest BCUT2D eigenvalue weighted by Gasteiger charge is -2.12. The van der Waals surface area contributed by atoms with Gasteiger partial charge in [-0.2, -0.15) is 0 Å². The fourth-order valence-electron chi connectivity index (χ4n) is 2.63. The van der Waals surface area contributed by atoms with Crippen molar-refractivity contribution in [3.63, 3.8) is 0 Å². The van der Waals surface area contributed by atoms with Crippen LogP contribution in [0.25, 0.3) is 0 Å². The van der Waals surface area contributed by atoms with Crippen LogP contribution in [0.1, 0.15) is 23.2 Å². The summed E-state index contributed by atoms with van der Waals surface area (Å²) in [6.45, 7) is 0.871. The molecule has 2 aromatic carbocycles. The minimum atomic E-state index is -3.68. The third-order valence-corrected chi connectivity index (χ3v) is 5.51. The third-order valence-electron chi connectivity index (χ3n) is 4.07. The number of rotatable bonds is 6. The summed E-state index contributed by atoms with van der Waals surface area (Å²) in [5, 5.41) is 2.45. The Morgan fingerprint density at radius 3 is 2.54 bits per heavy atom. The molecule has 0 unspecified atom stereocenters. The van der Waals surface area contributed by atoms with Crippen molar-refractivity contribution in [1.29, 1.82) is 0 Å². The van der Waals surface area contributed by atoms with Crippen molar-refractivity contribution in [2.45, 2.75) is 23.8 Å². The minimum Gasteiger partial charge on any atom is -0.377 e. The zero-order valence-corrected chi connectivity index (χ0v) is 14.8. The van der Waals surface area contributed by atoms with Gasteiger partial charge < -0.3 is 10.1 Å². The van der Waals surface area contributed by atoms with Crippen molar-refractivity contribution in [3.05, 3.63) is 59.9 Å². The fourth-order valence-corrected chi connectivity index (χ4v) is 3.70. The molecule has 26 heavy (non-hydrogen) atoms. The molecule has 0 spiro atoms.